The fourth-order valence-electron chi connectivity index (χ4n) is 4.04. The van der Waals surface area contributed by atoms with Crippen LogP contribution < -0.4 is 4.90 Å². The number of halogens is 2. The van der Waals surface area contributed by atoms with E-state index in [1.165, 1.54) is 12.1 Å². The first-order valence-corrected chi connectivity index (χ1v) is 11.7. The van der Waals surface area contributed by atoms with Gasteiger partial charge in [-0.05, 0) is 75.4 Å². The largest absolute Gasteiger partial charge is 0.444 e. The van der Waals surface area contributed by atoms with Gasteiger partial charge in [-0.3, -0.25) is 4.57 Å². The van der Waals surface area contributed by atoms with E-state index in [-0.39, 0.29) is 24.0 Å². The molecule has 0 unspecified atom stereocenters. The number of ether oxygens (including phenoxy) is 1. The molecule has 1 saturated heterocycles. The van der Waals surface area contributed by atoms with E-state index in [9.17, 15) is 9.18 Å². The molecule has 1 amide bonds. The summed E-state index contributed by atoms with van der Waals surface area (Å²) in [6.45, 7) is 10.9. The molecule has 32 heavy (non-hydrogen) atoms. The maximum absolute atomic E-state index is 13.8. The van der Waals surface area contributed by atoms with Crippen LogP contribution >= 0.6 is 22.6 Å². The van der Waals surface area contributed by atoms with E-state index in [1.54, 1.807) is 17.3 Å². The first-order chi connectivity index (χ1) is 15.0. The third-order valence-electron chi connectivity index (χ3n) is 5.49. The molecule has 0 N–H and O–H groups in total. The minimum atomic E-state index is -0.536. The van der Waals surface area contributed by atoms with Crippen LogP contribution in [0.3, 0.4) is 0 Å². The van der Waals surface area contributed by atoms with Crippen LogP contribution in [0.1, 0.15) is 34.6 Å². The number of hydrogen-bond donors (Lipinski definition) is 0. The fourth-order valence-corrected chi connectivity index (χ4v) is 4.80. The van der Waals surface area contributed by atoms with E-state index in [1.807, 2.05) is 44.5 Å². The van der Waals surface area contributed by atoms with Crippen molar-refractivity contribution in [3.05, 3.63) is 46.2 Å². The molecule has 2 aromatic heterocycles. The van der Waals surface area contributed by atoms with Crippen molar-refractivity contribution in [2.45, 2.75) is 52.3 Å². The minimum Gasteiger partial charge on any atom is -0.444 e. The first-order valence-electron chi connectivity index (χ1n) is 10.6. The van der Waals surface area contributed by atoms with Crippen LogP contribution in [0.2, 0.25) is 0 Å². The van der Waals surface area contributed by atoms with Crippen LogP contribution in [0.5, 0.6) is 0 Å². The lowest BCUT2D eigenvalue weighted by molar-refractivity contribution is 0.0130. The molecule has 1 aliphatic rings. The second kappa shape index (κ2) is 8.49. The Kier molecular flexibility index (Phi) is 6.04. The van der Waals surface area contributed by atoms with Crippen molar-refractivity contribution in [1.82, 2.24) is 19.4 Å². The highest BCUT2D eigenvalue weighted by atomic mass is 127. The van der Waals surface area contributed by atoms with Crippen molar-refractivity contribution >= 4 is 45.5 Å². The Morgan fingerprint density at radius 1 is 1.19 bits per heavy atom. The zero-order valence-corrected chi connectivity index (χ0v) is 21.0. The highest BCUT2D eigenvalue weighted by Crippen LogP contribution is 2.34. The van der Waals surface area contributed by atoms with Gasteiger partial charge in [-0.1, -0.05) is 6.07 Å². The molecular formula is C23H27FIN5O2. The van der Waals surface area contributed by atoms with E-state index < -0.39 is 5.60 Å². The van der Waals surface area contributed by atoms with Gasteiger partial charge in [0, 0.05) is 40.6 Å². The van der Waals surface area contributed by atoms with Crippen LogP contribution in [-0.4, -0.2) is 56.3 Å². The summed E-state index contributed by atoms with van der Waals surface area (Å²) in [5.41, 5.74) is 0.893. The summed E-state index contributed by atoms with van der Waals surface area (Å²) in [5, 5.41) is 0.919. The third-order valence-corrected chi connectivity index (χ3v) is 6.31. The van der Waals surface area contributed by atoms with Gasteiger partial charge >= 0.3 is 6.09 Å². The summed E-state index contributed by atoms with van der Waals surface area (Å²) >= 11 is 2.27. The number of nitrogens with zero attached hydrogens (tertiary/aromatic N) is 5. The highest BCUT2D eigenvalue weighted by Gasteiger charge is 2.36. The van der Waals surface area contributed by atoms with Crippen molar-refractivity contribution in [2.24, 2.45) is 0 Å². The molecule has 4 rings (SSSR count). The lowest BCUT2D eigenvalue weighted by atomic mass is 10.1. The number of amides is 1. The average Bonchev–Trinajstić information content (AvgIpc) is 3.05. The highest BCUT2D eigenvalue weighted by molar-refractivity contribution is 14.1. The number of anilines is 1. The Hall–Kier alpha value is -2.43. The van der Waals surface area contributed by atoms with Crippen molar-refractivity contribution in [2.75, 3.05) is 18.0 Å². The summed E-state index contributed by atoms with van der Waals surface area (Å²) in [7, 11) is 0. The predicted octanol–water partition coefficient (Wildman–Crippen LogP) is 5.00. The molecule has 0 spiro atoms. The van der Waals surface area contributed by atoms with Gasteiger partial charge < -0.3 is 14.5 Å². The smallest absolute Gasteiger partial charge is 0.410 e. The predicted molar refractivity (Wildman–Crippen MR) is 131 cm³/mol. The third kappa shape index (κ3) is 4.39. The van der Waals surface area contributed by atoms with E-state index in [2.05, 4.69) is 44.4 Å². The summed E-state index contributed by atoms with van der Waals surface area (Å²) in [6.07, 6.45) is 3.20. The molecule has 1 fully saturated rings. The van der Waals surface area contributed by atoms with Crippen LogP contribution in [0.4, 0.5) is 15.0 Å². The van der Waals surface area contributed by atoms with Crippen LogP contribution in [-0.2, 0) is 4.74 Å². The minimum absolute atomic E-state index is 0.0325. The second-order valence-electron chi connectivity index (χ2n) is 9.21. The van der Waals surface area contributed by atoms with E-state index >= 15 is 0 Å². The summed E-state index contributed by atoms with van der Waals surface area (Å²) in [4.78, 5) is 25.8. The van der Waals surface area contributed by atoms with E-state index in [0.29, 0.717) is 18.8 Å². The summed E-state index contributed by atoms with van der Waals surface area (Å²) < 4.78 is 22.3. The molecule has 7 nitrogen and oxygen atoms in total. The monoisotopic (exact) mass is 551 g/mol. The maximum atomic E-state index is 13.8. The van der Waals surface area contributed by atoms with E-state index in [4.69, 9.17) is 4.74 Å². The van der Waals surface area contributed by atoms with Gasteiger partial charge in [0.2, 0.25) is 0 Å². The Balaban J connectivity index is 1.68. The lowest BCUT2D eigenvalue weighted by Crippen LogP contribution is -2.59. The Bertz CT molecular complexity index is 1160. The molecule has 1 aliphatic heterocycles. The number of carbonyl (C=O) groups excluding carboxylic acids is 1. The molecule has 1 aromatic carbocycles. The Labute approximate surface area is 200 Å². The lowest BCUT2D eigenvalue weighted by Gasteiger charge is -2.44. The van der Waals surface area contributed by atoms with Gasteiger partial charge in [0.1, 0.15) is 23.6 Å². The molecule has 2 atom stereocenters. The Morgan fingerprint density at radius 2 is 1.94 bits per heavy atom. The molecule has 3 heterocycles. The van der Waals surface area contributed by atoms with Gasteiger partial charge in [0.15, 0.2) is 5.65 Å². The molecule has 0 bridgehead atoms. The van der Waals surface area contributed by atoms with Gasteiger partial charge in [-0.25, -0.2) is 19.2 Å². The molecule has 9 heteroatoms. The average molecular weight is 551 g/mol. The SMILES string of the molecule is C[C@@H]1CN(c2ncnc3c2c(I)cn3-c2cccc(F)c2)[C@@H](C)CN1C(=O)OC(C)(C)C. The van der Waals surface area contributed by atoms with Gasteiger partial charge in [0.25, 0.3) is 0 Å². The first kappa shape index (κ1) is 22.8. The second-order valence-corrected chi connectivity index (χ2v) is 10.4. The topological polar surface area (TPSA) is 63.5 Å². The quantitative estimate of drug-likeness (QED) is 0.420. The molecule has 0 aliphatic carbocycles. The van der Waals surface area contributed by atoms with Gasteiger partial charge in [-0.15, -0.1) is 0 Å². The number of aromatic nitrogens is 3. The van der Waals surface area contributed by atoms with Crippen molar-refractivity contribution < 1.29 is 13.9 Å². The number of piperazine rings is 1. The number of fused-ring (bicyclic) bond motifs is 1. The summed E-state index contributed by atoms with van der Waals surface area (Å²) in [5.74, 6) is 0.520. The standard InChI is InChI=1S/C23H27FIN5O2/c1-14-11-29(22(31)32-23(3,4)5)15(2)10-28(14)20-19-18(25)12-30(21(19)27-13-26-20)17-8-6-7-16(24)9-17/h6-9,12-15H,10-11H2,1-5H3/t14-,15+/m0/s1. The fraction of sp³-hybridized carbons (Fsp3) is 0.435. The van der Waals surface area contributed by atoms with Crippen molar-refractivity contribution in [3.63, 3.8) is 0 Å². The van der Waals surface area contributed by atoms with Gasteiger partial charge in [0.05, 0.1) is 5.39 Å². The molecule has 170 valence electrons. The number of benzene rings is 1. The van der Waals surface area contributed by atoms with Gasteiger partial charge in [-0.2, -0.15) is 0 Å². The zero-order chi connectivity index (χ0) is 23.2. The number of carbonyl (C=O) groups is 1. The number of hydrogen-bond acceptors (Lipinski definition) is 5. The Morgan fingerprint density at radius 3 is 2.62 bits per heavy atom. The van der Waals surface area contributed by atoms with Crippen LogP contribution in [0, 0.1) is 9.39 Å². The van der Waals surface area contributed by atoms with E-state index in [0.717, 1.165) is 20.4 Å². The van der Waals surface area contributed by atoms with Crippen LogP contribution in [0.25, 0.3) is 16.7 Å². The molecule has 3 aromatic rings. The molecule has 0 radical (unpaired) electrons. The molecular weight excluding hydrogens is 524 g/mol. The van der Waals surface area contributed by atoms with Crippen molar-refractivity contribution in [3.8, 4) is 5.69 Å². The zero-order valence-electron chi connectivity index (χ0n) is 18.8. The summed E-state index contributed by atoms with van der Waals surface area (Å²) in [6, 6.07) is 6.43. The van der Waals surface area contributed by atoms with Crippen LogP contribution in [0.15, 0.2) is 36.8 Å². The molecule has 0 saturated carbocycles. The number of rotatable bonds is 2. The maximum Gasteiger partial charge on any atom is 0.410 e. The van der Waals surface area contributed by atoms with Crippen molar-refractivity contribution in [1.29, 1.82) is 0 Å². The normalized spacial score (nSPS) is 19.5.